The van der Waals surface area contributed by atoms with Crippen LogP contribution in [0.4, 0.5) is 11.4 Å². The van der Waals surface area contributed by atoms with E-state index in [1.54, 1.807) is 11.7 Å². The molecule has 3 aliphatic rings. The minimum absolute atomic E-state index is 0.0378. The Kier molecular flexibility index (Phi) is 5.38. The minimum atomic E-state index is -0.0378. The summed E-state index contributed by atoms with van der Waals surface area (Å²) in [6.45, 7) is 5.30. The van der Waals surface area contributed by atoms with Crippen molar-refractivity contribution in [2.45, 2.75) is 25.4 Å². The van der Waals surface area contributed by atoms with Crippen LogP contribution in [0.3, 0.4) is 0 Å². The molecule has 0 amide bonds. The van der Waals surface area contributed by atoms with E-state index < -0.39 is 0 Å². The van der Waals surface area contributed by atoms with Gasteiger partial charge >= 0.3 is 0 Å². The predicted molar refractivity (Wildman–Crippen MR) is 125 cm³/mol. The first kappa shape index (κ1) is 20.0. The smallest absolute Gasteiger partial charge is 0.261 e. The van der Waals surface area contributed by atoms with Crippen LogP contribution in [0.25, 0.3) is 22.3 Å². The van der Waals surface area contributed by atoms with Gasteiger partial charge in [0.1, 0.15) is 5.82 Å². The molecule has 0 spiro atoms. The van der Waals surface area contributed by atoms with Crippen LogP contribution < -0.4 is 16.2 Å². The number of fused-ring (bicyclic) bond motifs is 5. The van der Waals surface area contributed by atoms with Crippen LogP contribution in [0.2, 0.25) is 0 Å². The first-order chi connectivity index (χ1) is 15.1. The van der Waals surface area contributed by atoms with Crippen molar-refractivity contribution in [2.75, 3.05) is 50.5 Å². The van der Waals surface area contributed by atoms with Crippen molar-refractivity contribution in [3.63, 3.8) is 0 Å². The molecular formula is C24H29N5O2. The van der Waals surface area contributed by atoms with Crippen molar-refractivity contribution in [1.29, 1.82) is 0 Å². The lowest BCUT2D eigenvalue weighted by atomic mass is 10.0. The zero-order valence-electron chi connectivity index (χ0n) is 18.0. The quantitative estimate of drug-likeness (QED) is 0.641. The molecule has 0 unspecified atom stereocenters. The molecule has 2 aromatic carbocycles. The van der Waals surface area contributed by atoms with Gasteiger partial charge in [-0.25, -0.2) is 4.98 Å². The molecule has 3 saturated heterocycles. The van der Waals surface area contributed by atoms with Crippen molar-refractivity contribution < 1.29 is 4.74 Å². The molecule has 2 bridgehead atoms. The van der Waals surface area contributed by atoms with Gasteiger partial charge in [0.05, 0.1) is 24.1 Å². The summed E-state index contributed by atoms with van der Waals surface area (Å²) in [4.78, 5) is 23.5. The van der Waals surface area contributed by atoms with Gasteiger partial charge in [0, 0.05) is 56.3 Å². The maximum Gasteiger partial charge on any atom is 0.261 e. The molecule has 4 heterocycles. The van der Waals surface area contributed by atoms with E-state index in [4.69, 9.17) is 15.5 Å². The Bertz CT molecular complexity index is 1150. The highest BCUT2D eigenvalue weighted by atomic mass is 16.5. The van der Waals surface area contributed by atoms with Gasteiger partial charge < -0.3 is 20.3 Å². The highest BCUT2D eigenvalue weighted by Crippen LogP contribution is 2.29. The lowest BCUT2D eigenvalue weighted by molar-refractivity contribution is 0.186. The fourth-order valence-electron chi connectivity index (χ4n) is 4.90. The van der Waals surface area contributed by atoms with E-state index in [1.807, 2.05) is 36.4 Å². The van der Waals surface area contributed by atoms with Crippen molar-refractivity contribution in [3.8, 4) is 11.4 Å². The molecule has 1 aromatic heterocycles. The first-order valence-corrected chi connectivity index (χ1v) is 11.0. The number of hydrogen-bond acceptors (Lipinski definition) is 6. The number of nitrogen functional groups attached to an aromatic ring is 1. The van der Waals surface area contributed by atoms with E-state index >= 15 is 0 Å². The Morgan fingerprint density at radius 3 is 2.71 bits per heavy atom. The highest BCUT2D eigenvalue weighted by molar-refractivity contribution is 5.84. The summed E-state index contributed by atoms with van der Waals surface area (Å²) in [5, 5.41) is 0.653. The number of ether oxygens (including phenoxy) is 1. The number of aromatic nitrogens is 2. The van der Waals surface area contributed by atoms with E-state index in [2.05, 4.69) is 15.9 Å². The number of anilines is 2. The molecule has 0 radical (unpaired) electrons. The topological polar surface area (TPSA) is 76.6 Å². The molecule has 0 atom stereocenters. The van der Waals surface area contributed by atoms with Gasteiger partial charge in [-0.3, -0.25) is 9.36 Å². The molecule has 6 rings (SSSR count). The number of nitrogens with two attached hydrogens (primary N) is 1. The van der Waals surface area contributed by atoms with Crippen LogP contribution in [0.15, 0.2) is 47.3 Å². The average Bonchev–Trinajstić information content (AvgIpc) is 3.12. The Balaban J connectivity index is 1.62. The molecule has 31 heavy (non-hydrogen) atoms. The highest BCUT2D eigenvalue weighted by Gasteiger charge is 2.29. The summed E-state index contributed by atoms with van der Waals surface area (Å²) in [7, 11) is 1.64. The van der Waals surface area contributed by atoms with Crippen LogP contribution in [-0.2, 0) is 11.3 Å². The van der Waals surface area contributed by atoms with Gasteiger partial charge in [-0.15, -0.1) is 0 Å². The fourth-order valence-corrected chi connectivity index (χ4v) is 4.90. The molecule has 162 valence electrons. The maximum atomic E-state index is 13.6. The van der Waals surface area contributed by atoms with Crippen molar-refractivity contribution >= 4 is 22.3 Å². The Morgan fingerprint density at radius 2 is 1.94 bits per heavy atom. The maximum absolute atomic E-state index is 13.6. The molecular weight excluding hydrogens is 390 g/mol. The molecule has 2 N–H and O–H groups in total. The van der Waals surface area contributed by atoms with E-state index in [0.717, 1.165) is 24.3 Å². The molecule has 7 nitrogen and oxygen atoms in total. The van der Waals surface area contributed by atoms with E-state index in [0.29, 0.717) is 41.6 Å². The zero-order valence-corrected chi connectivity index (χ0v) is 18.0. The molecule has 3 aliphatic heterocycles. The molecule has 7 heteroatoms. The largest absolute Gasteiger partial charge is 0.399 e. The van der Waals surface area contributed by atoms with Crippen molar-refractivity contribution in [2.24, 2.45) is 0 Å². The van der Waals surface area contributed by atoms with Crippen LogP contribution in [0.5, 0.6) is 0 Å². The number of benzene rings is 2. The zero-order chi connectivity index (χ0) is 21.4. The Labute approximate surface area is 182 Å². The summed E-state index contributed by atoms with van der Waals surface area (Å²) in [6.07, 6.45) is 2.37. The molecule has 0 saturated carbocycles. The lowest BCUT2D eigenvalue weighted by Gasteiger charge is -2.33. The first-order valence-electron chi connectivity index (χ1n) is 11.0. The second-order valence-corrected chi connectivity index (χ2v) is 8.48. The molecule has 0 aliphatic carbocycles. The number of rotatable bonds is 5. The third-order valence-electron chi connectivity index (χ3n) is 6.59. The Hall–Kier alpha value is -2.90. The van der Waals surface area contributed by atoms with Crippen LogP contribution in [0.1, 0.15) is 12.8 Å². The minimum Gasteiger partial charge on any atom is -0.399 e. The third-order valence-corrected chi connectivity index (χ3v) is 6.59. The van der Waals surface area contributed by atoms with E-state index in [1.165, 1.54) is 25.9 Å². The molecule has 3 aromatic rings. The normalized spacial score (nSPS) is 20.9. The second kappa shape index (κ2) is 8.32. The van der Waals surface area contributed by atoms with Crippen molar-refractivity contribution in [1.82, 2.24) is 14.5 Å². The van der Waals surface area contributed by atoms with Gasteiger partial charge in [0.15, 0.2) is 0 Å². The van der Waals surface area contributed by atoms with Crippen molar-refractivity contribution in [3.05, 3.63) is 52.8 Å². The number of piperidine rings is 1. The summed E-state index contributed by atoms with van der Waals surface area (Å²) in [5.74, 6) is 0.621. The van der Waals surface area contributed by atoms with Crippen LogP contribution in [0, 0.1) is 0 Å². The van der Waals surface area contributed by atoms with E-state index in [9.17, 15) is 4.79 Å². The number of hydrogen-bond donors (Lipinski definition) is 1. The van der Waals surface area contributed by atoms with Gasteiger partial charge in [-0.1, -0.05) is 12.1 Å². The van der Waals surface area contributed by atoms with E-state index in [-0.39, 0.29) is 5.56 Å². The third kappa shape index (κ3) is 3.79. The van der Waals surface area contributed by atoms with Crippen LogP contribution >= 0.6 is 0 Å². The summed E-state index contributed by atoms with van der Waals surface area (Å²) < 4.78 is 6.98. The summed E-state index contributed by atoms with van der Waals surface area (Å²) in [5.41, 5.74) is 9.26. The van der Waals surface area contributed by atoms with Gasteiger partial charge in [-0.05, 0) is 43.2 Å². The molecule has 3 fully saturated rings. The Morgan fingerprint density at radius 1 is 1.10 bits per heavy atom. The second-order valence-electron chi connectivity index (χ2n) is 8.48. The summed E-state index contributed by atoms with van der Waals surface area (Å²) in [6, 6.07) is 14.2. The monoisotopic (exact) mass is 419 g/mol. The SMILES string of the molecule is COCCn1c(-c2cccc(N)c2)nc2ccc(N3CCN4CCC3CC4)cc2c1=O. The van der Waals surface area contributed by atoms with Gasteiger partial charge in [-0.2, -0.15) is 0 Å². The number of nitrogens with zero attached hydrogens (tertiary/aromatic N) is 4. The predicted octanol–water partition coefficient (Wildman–Crippen LogP) is 2.58. The fraction of sp³-hybridized carbons (Fsp3) is 0.417. The lowest BCUT2D eigenvalue weighted by Crippen LogP contribution is -2.38. The summed E-state index contributed by atoms with van der Waals surface area (Å²) >= 11 is 0. The number of methoxy groups -OCH3 is 1. The standard InChI is InChI=1S/C24H29N5O2/c1-31-14-13-29-23(17-3-2-4-18(25)15-17)26-22-6-5-20(16-21(22)24(29)30)28-12-11-27-9-7-19(28)8-10-27/h2-6,15-16,19H,7-14,25H2,1H3. The van der Waals surface area contributed by atoms with Gasteiger partial charge in [0.2, 0.25) is 0 Å². The van der Waals surface area contributed by atoms with Crippen LogP contribution in [-0.4, -0.2) is 60.4 Å². The average molecular weight is 420 g/mol. The van der Waals surface area contributed by atoms with Gasteiger partial charge in [0.25, 0.3) is 5.56 Å².